The third-order valence-electron chi connectivity index (χ3n) is 7.19. The Balaban J connectivity index is 1.43. The van der Waals surface area contributed by atoms with Crippen molar-refractivity contribution in [3.8, 4) is 11.1 Å². The number of hydrogen-bond acceptors (Lipinski definition) is 4. The van der Waals surface area contributed by atoms with Gasteiger partial charge in [0.2, 0.25) is 10.0 Å². The molecule has 0 radical (unpaired) electrons. The van der Waals surface area contributed by atoms with Crippen LogP contribution in [0.15, 0.2) is 83.8 Å². The summed E-state index contributed by atoms with van der Waals surface area (Å²) < 4.78 is 42.6. The SMILES string of the molecule is O=S(=O)(c1ccccc1)N1CCCCN2[C@H](CO)[C@@H](c3ccc(-c4ccccc4F)cc3)[C@@H]2C1. The molecule has 0 unspecified atom stereocenters. The Morgan fingerprint density at radius 3 is 2.26 bits per heavy atom. The van der Waals surface area contributed by atoms with Crippen molar-refractivity contribution in [3.63, 3.8) is 0 Å². The molecule has 0 amide bonds. The molecule has 5 rings (SSSR count). The zero-order valence-corrected chi connectivity index (χ0v) is 19.7. The van der Waals surface area contributed by atoms with Crippen molar-refractivity contribution in [2.75, 3.05) is 26.2 Å². The van der Waals surface area contributed by atoms with Gasteiger partial charge >= 0.3 is 0 Å². The average Bonchev–Trinajstić information content (AvgIpc) is 2.84. The molecule has 178 valence electrons. The molecule has 0 aromatic heterocycles. The lowest BCUT2D eigenvalue weighted by molar-refractivity contribution is -0.0553. The molecule has 2 aliphatic heterocycles. The first-order chi connectivity index (χ1) is 16.5. The number of rotatable bonds is 5. The smallest absolute Gasteiger partial charge is 0.243 e. The monoisotopic (exact) mass is 480 g/mol. The normalized spacial score (nSPS) is 24.0. The van der Waals surface area contributed by atoms with Gasteiger partial charge < -0.3 is 5.11 Å². The molecule has 2 aliphatic rings. The Bertz CT molecular complexity index is 1230. The number of sulfonamides is 1. The van der Waals surface area contributed by atoms with E-state index in [9.17, 15) is 17.9 Å². The molecule has 34 heavy (non-hydrogen) atoms. The molecule has 3 aromatic rings. The second-order valence-electron chi connectivity index (χ2n) is 9.07. The summed E-state index contributed by atoms with van der Waals surface area (Å²) in [6, 6.07) is 23.0. The first-order valence-electron chi connectivity index (χ1n) is 11.8. The highest BCUT2D eigenvalue weighted by Gasteiger charge is 2.50. The Kier molecular flexibility index (Phi) is 6.53. The van der Waals surface area contributed by atoms with Crippen molar-refractivity contribution in [1.29, 1.82) is 0 Å². The molecule has 2 saturated heterocycles. The summed E-state index contributed by atoms with van der Waals surface area (Å²) in [5.41, 5.74) is 2.39. The molecule has 7 heteroatoms. The van der Waals surface area contributed by atoms with Gasteiger partial charge in [-0.05, 0) is 48.7 Å². The van der Waals surface area contributed by atoms with E-state index in [1.165, 1.54) is 6.07 Å². The maximum atomic E-state index is 14.2. The van der Waals surface area contributed by atoms with Crippen molar-refractivity contribution in [2.24, 2.45) is 0 Å². The highest BCUT2D eigenvalue weighted by molar-refractivity contribution is 7.89. The molecule has 5 nitrogen and oxygen atoms in total. The van der Waals surface area contributed by atoms with E-state index in [1.807, 2.05) is 36.4 Å². The lowest BCUT2D eigenvalue weighted by Crippen LogP contribution is -2.67. The first-order valence-corrected chi connectivity index (χ1v) is 13.2. The van der Waals surface area contributed by atoms with Gasteiger partial charge in [0.15, 0.2) is 0 Å². The molecule has 3 aromatic carbocycles. The maximum absolute atomic E-state index is 14.2. The second kappa shape index (κ2) is 9.58. The Morgan fingerprint density at radius 1 is 0.882 bits per heavy atom. The van der Waals surface area contributed by atoms with E-state index in [2.05, 4.69) is 4.90 Å². The number of fused-ring (bicyclic) bond motifs is 1. The van der Waals surface area contributed by atoms with Crippen molar-refractivity contribution >= 4 is 10.0 Å². The number of aliphatic hydroxyl groups excluding tert-OH is 1. The van der Waals surface area contributed by atoms with Gasteiger partial charge in [0.1, 0.15) is 5.82 Å². The fraction of sp³-hybridized carbons (Fsp3) is 0.333. The molecular formula is C27H29FN2O3S. The van der Waals surface area contributed by atoms with E-state index in [-0.39, 0.29) is 30.4 Å². The fourth-order valence-corrected chi connectivity index (χ4v) is 6.97. The fourth-order valence-electron chi connectivity index (χ4n) is 5.45. The van der Waals surface area contributed by atoms with Gasteiger partial charge in [0, 0.05) is 36.7 Å². The molecule has 2 fully saturated rings. The summed E-state index contributed by atoms with van der Waals surface area (Å²) in [6.07, 6.45) is 1.67. The van der Waals surface area contributed by atoms with Crippen LogP contribution in [0.4, 0.5) is 4.39 Å². The minimum absolute atomic E-state index is 0.00578. The summed E-state index contributed by atoms with van der Waals surface area (Å²) in [6.45, 7) is 1.73. The van der Waals surface area contributed by atoms with Crippen molar-refractivity contribution in [2.45, 2.75) is 35.7 Å². The van der Waals surface area contributed by atoms with Crippen LogP contribution in [-0.2, 0) is 10.0 Å². The van der Waals surface area contributed by atoms with E-state index in [0.29, 0.717) is 23.5 Å². The number of nitrogens with zero attached hydrogens (tertiary/aromatic N) is 2. The standard InChI is InChI=1S/C27H29FN2O3S/c28-24-11-5-4-10-23(24)20-12-14-21(15-13-20)27-25-18-29(16-6-7-17-30(25)26(27)19-31)34(32,33)22-8-2-1-3-9-22/h1-5,8-15,25-27,31H,6-7,16-19H2/t25-,26+,27-/m0/s1. The summed E-state index contributed by atoms with van der Waals surface area (Å²) in [7, 11) is -3.60. The number of halogens is 1. The van der Waals surface area contributed by atoms with Crippen LogP contribution in [-0.4, -0.2) is 61.1 Å². The first kappa shape index (κ1) is 23.2. The summed E-state index contributed by atoms with van der Waals surface area (Å²) in [5.74, 6) is -0.258. The Hall–Kier alpha value is -2.58. The van der Waals surface area contributed by atoms with Crippen LogP contribution < -0.4 is 0 Å². The highest BCUT2D eigenvalue weighted by Crippen LogP contribution is 2.43. The van der Waals surface area contributed by atoms with Gasteiger partial charge in [0.25, 0.3) is 0 Å². The zero-order chi connectivity index (χ0) is 23.7. The van der Waals surface area contributed by atoms with Crippen molar-refractivity contribution in [1.82, 2.24) is 9.21 Å². The third-order valence-corrected chi connectivity index (χ3v) is 9.07. The average molecular weight is 481 g/mol. The van der Waals surface area contributed by atoms with Gasteiger partial charge in [-0.2, -0.15) is 4.31 Å². The number of benzene rings is 3. The summed E-state index contributed by atoms with van der Waals surface area (Å²) in [4.78, 5) is 2.56. The van der Waals surface area contributed by atoms with Crippen molar-refractivity contribution in [3.05, 3.63) is 90.2 Å². The molecule has 0 saturated carbocycles. The molecule has 0 aliphatic carbocycles. The molecule has 2 heterocycles. The van der Waals surface area contributed by atoms with E-state index in [0.717, 1.165) is 30.5 Å². The molecule has 0 bridgehead atoms. The predicted octanol–water partition coefficient (Wildman–Crippen LogP) is 4.11. The van der Waals surface area contributed by atoms with Crippen molar-refractivity contribution < 1.29 is 17.9 Å². The second-order valence-corrected chi connectivity index (χ2v) is 11.0. The topological polar surface area (TPSA) is 60.9 Å². The largest absolute Gasteiger partial charge is 0.395 e. The van der Waals surface area contributed by atoms with Crippen LogP contribution in [0.1, 0.15) is 24.3 Å². The zero-order valence-electron chi connectivity index (χ0n) is 18.9. The molecule has 0 spiro atoms. The van der Waals surface area contributed by atoms with Crippen LogP contribution in [0.3, 0.4) is 0 Å². The number of hydrogen-bond donors (Lipinski definition) is 1. The van der Waals surface area contributed by atoms with E-state index in [1.54, 1.807) is 40.7 Å². The van der Waals surface area contributed by atoms with E-state index >= 15 is 0 Å². The Labute approximate surface area is 200 Å². The summed E-state index contributed by atoms with van der Waals surface area (Å²) >= 11 is 0. The minimum Gasteiger partial charge on any atom is -0.395 e. The third kappa shape index (κ3) is 4.18. The van der Waals surface area contributed by atoms with Gasteiger partial charge in [-0.1, -0.05) is 60.7 Å². The van der Waals surface area contributed by atoms with E-state index < -0.39 is 10.0 Å². The predicted molar refractivity (Wildman–Crippen MR) is 130 cm³/mol. The van der Waals surface area contributed by atoms with Gasteiger partial charge in [-0.15, -0.1) is 0 Å². The minimum atomic E-state index is -3.60. The Morgan fingerprint density at radius 2 is 1.56 bits per heavy atom. The quantitative estimate of drug-likeness (QED) is 0.597. The van der Waals surface area contributed by atoms with Gasteiger partial charge in [-0.25, -0.2) is 12.8 Å². The highest BCUT2D eigenvalue weighted by atomic mass is 32.2. The van der Waals surface area contributed by atoms with Crippen LogP contribution in [0, 0.1) is 5.82 Å². The molecular weight excluding hydrogens is 451 g/mol. The summed E-state index contributed by atoms with van der Waals surface area (Å²) in [5, 5.41) is 10.2. The van der Waals surface area contributed by atoms with E-state index in [4.69, 9.17) is 0 Å². The lowest BCUT2D eigenvalue weighted by Gasteiger charge is -2.57. The molecule has 3 atom stereocenters. The van der Waals surface area contributed by atoms with Gasteiger partial charge in [-0.3, -0.25) is 4.90 Å². The van der Waals surface area contributed by atoms with Crippen LogP contribution in [0.5, 0.6) is 0 Å². The maximum Gasteiger partial charge on any atom is 0.243 e. The van der Waals surface area contributed by atoms with Crippen LogP contribution in [0.2, 0.25) is 0 Å². The van der Waals surface area contributed by atoms with Crippen LogP contribution in [0.25, 0.3) is 11.1 Å². The van der Waals surface area contributed by atoms with Crippen LogP contribution >= 0.6 is 0 Å². The lowest BCUT2D eigenvalue weighted by atomic mass is 9.74. The molecule has 1 N–H and O–H groups in total. The van der Waals surface area contributed by atoms with Gasteiger partial charge in [0.05, 0.1) is 11.5 Å². The number of aliphatic hydroxyl groups is 1.